The molecule has 0 bridgehead atoms. The predicted molar refractivity (Wildman–Crippen MR) is 76.2 cm³/mol. The average Bonchev–Trinajstić information content (AvgIpc) is 2.85. The van der Waals surface area contributed by atoms with Gasteiger partial charge in [-0.15, -0.1) is 0 Å². The number of aromatic nitrogens is 1. The van der Waals surface area contributed by atoms with Gasteiger partial charge in [-0.25, -0.2) is 0 Å². The molecule has 0 saturated heterocycles. The maximum Gasteiger partial charge on any atom is 0.144 e. The van der Waals surface area contributed by atoms with E-state index in [9.17, 15) is 0 Å². The van der Waals surface area contributed by atoms with E-state index in [0.717, 1.165) is 32.7 Å². The van der Waals surface area contributed by atoms with Gasteiger partial charge in [0.05, 0.1) is 0 Å². The summed E-state index contributed by atoms with van der Waals surface area (Å²) in [7, 11) is 0. The second-order valence-corrected chi connectivity index (χ2v) is 4.18. The molecule has 0 N–H and O–H groups in total. The van der Waals surface area contributed by atoms with Crippen molar-refractivity contribution in [1.82, 2.24) is 4.98 Å². The fourth-order valence-electron chi connectivity index (χ4n) is 2.27. The van der Waals surface area contributed by atoms with Crippen LogP contribution in [0.4, 0.5) is 0 Å². The van der Waals surface area contributed by atoms with Crippen LogP contribution in [0.5, 0.6) is 0 Å². The summed E-state index contributed by atoms with van der Waals surface area (Å²) in [4.78, 5) is 4.17. The van der Waals surface area contributed by atoms with Gasteiger partial charge < -0.3 is 4.42 Å². The Balaban J connectivity index is 0.000001000. The van der Waals surface area contributed by atoms with Crippen LogP contribution in [0.1, 0.15) is 0 Å². The Morgan fingerprint density at radius 2 is 1.67 bits per heavy atom. The summed E-state index contributed by atoms with van der Waals surface area (Å²) in [6.07, 6.45) is 3.72. The van der Waals surface area contributed by atoms with Crippen LogP contribution < -0.4 is 0 Å². The maximum atomic E-state index is 5.98. The number of rotatable bonds is 0. The summed E-state index contributed by atoms with van der Waals surface area (Å²) >= 11 is 0. The smallest absolute Gasteiger partial charge is 0.144 e. The van der Waals surface area contributed by atoms with Crippen molar-refractivity contribution in [3.63, 3.8) is 0 Å². The Labute approximate surface area is 126 Å². The normalized spacial score (nSPS) is 10.9. The molecule has 0 atom stereocenters. The van der Waals surface area contributed by atoms with Crippen molar-refractivity contribution in [3.05, 3.63) is 54.9 Å². The number of benzene rings is 2. The minimum absolute atomic E-state index is 0. The number of hydrogen-bond acceptors (Lipinski definition) is 2. The fourth-order valence-corrected chi connectivity index (χ4v) is 2.27. The zero-order chi connectivity index (χ0) is 11.2. The van der Waals surface area contributed by atoms with E-state index in [1.165, 1.54) is 0 Å². The molecule has 4 aromatic rings. The summed E-state index contributed by atoms with van der Waals surface area (Å²) < 4.78 is 5.98. The third-order valence-electron chi connectivity index (χ3n) is 3.12. The fraction of sp³-hybridized carbons (Fsp3) is 0. The molecule has 0 radical (unpaired) electrons. The van der Waals surface area contributed by atoms with E-state index in [-0.39, 0.29) is 29.6 Å². The quantitative estimate of drug-likeness (QED) is 0.349. The average molecular weight is 243 g/mol. The minimum atomic E-state index is 0. The van der Waals surface area contributed by atoms with Crippen LogP contribution in [-0.2, 0) is 0 Å². The molecule has 2 nitrogen and oxygen atoms in total. The van der Waals surface area contributed by atoms with E-state index in [1.807, 2.05) is 30.6 Å². The molecule has 0 aliphatic rings. The molecule has 0 aliphatic carbocycles. The topological polar surface area (TPSA) is 26.0 Å². The maximum absolute atomic E-state index is 5.98. The Morgan fingerprint density at radius 3 is 2.61 bits per heavy atom. The molecule has 4 rings (SSSR count). The van der Waals surface area contributed by atoms with E-state index in [2.05, 4.69) is 29.2 Å². The Morgan fingerprint density at radius 1 is 0.833 bits per heavy atom. The van der Waals surface area contributed by atoms with E-state index in [4.69, 9.17) is 4.42 Å². The second-order valence-electron chi connectivity index (χ2n) is 4.18. The van der Waals surface area contributed by atoms with Gasteiger partial charge >= 0.3 is 29.6 Å². The molecule has 0 fully saturated rings. The molecule has 0 saturated carbocycles. The minimum Gasteiger partial charge on any atom is -0.455 e. The van der Waals surface area contributed by atoms with Gasteiger partial charge in [0.15, 0.2) is 0 Å². The standard InChI is InChI=1S/C15H9NO.Na.H/c1-2-4-14-10(3-1)7-11-5-6-12-8-16-9-13(12)15(11)17-14;;/h1-9H;;. The van der Waals surface area contributed by atoms with Crippen LogP contribution >= 0.6 is 0 Å². The summed E-state index contributed by atoms with van der Waals surface area (Å²) in [5.41, 5.74) is 1.83. The van der Waals surface area contributed by atoms with Gasteiger partial charge in [0.25, 0.3) is 0 Å². The molecular formula is C15H10NNaO. The summed E-state index contributed by atoms with van der Waals surface area (Å²) in [5.74, 6) is 0. The van der Waals surface area contributed by atoms with Crippen molar-refractivity contribution >= 4 is 62.3 Å². The number of fused-ring (bicyclic) bond motifs is 4. The first-order chi connectivity index (χ1) is 8.42. The van der Waals surface area contributed by atoms with Gasteiger partial charge in [-0.2, -0.15) is 0 Å². The van der Waals surface area contributed by atoms with E-state index >= 15 is 0 Å². The summed E-state index contributed by atoms with van der Waals surface area (Å²) in [6.45, 7) is 0. The van der Waals surface area contributed by atoms with Crippen molar-refractivity contribution in [3.8, 4) is 0 Å². The number of nitrogens with zero attached hydrogens (tertiary/aromatic N) is 1. The van der Waals surface area contributed by atoms with Gasteiger partial charge in [-0.1, -0.05) is 30.3 Å². The first-order valence-electron chi connectivity index (χ1n) is 5.57. The van der Waals surface area contributed by atoms with Crippen molar-refractivity contribution < 1.29 is 4.42 Å². The van der Waals surface area contributed by atoms with Crippen molar-refractivity contribution in [2.24, 2.45) is 0 Å². The second kappa shape index (κ2) is 4.39. The van der Waals surface area contributed by atoms with Crippen molar-refractivity contribution in [1.29, 1.82) is 0 Å². The molecule has 0 amide bonds. The van der Waals surface area contributed by atoms with Crippen LogP contribution in [0.15, 0.2) is 59.3 Å². The predicted octanol–water partition coefficient (Wildman–Crippen LogP) is 3.49. The van der Waals surface area contributed by atoms with Gasteiger partial charge in [0, 0.05) is 33.9 Å². The first kappa shape index (κ1) is 11.7. The van der Waals surface area contributed by atoms with Gasteiger partial charge in [0.2, 0.25) is 0 Å². The zero-order valence-corrected chi connectivity index (χ0v) is 9.05. The van der Waals surface area contributed by atoms with Crippen molar-refractivity contribution in [2.75, 3.05) is 0 Å². The van der Waals surface area contributed by atoms with Crippen molar-refractivity contribution in [2.45, 2.75) is 0 Å². The molecule has 0 unspecified atom stereocenters. The molecule has 82 valence electrons. The third-order valence-corrected chi connectivity index (χ3v) is 3.12. The van der Waals surface area contributed by atoms with Crippen LogP contribution in [-0.4, -0.2) is 34.5 Å². The molecular weight excluding hydrogens is 233 g/mol. The summed E-state index contributed by atoms with van der Waals surface area (Å²) in [5, 5.41) is 4.44. The van der Waals surface area contributed by atoms with Gasteiger partial charge in [-0.3, -0.25) is 4.98 Å². The molecule has 0 aliphatic heterocycles. The first-order valence-corrected chi connectivity index (χ1v) is 5.57. The SMILES string of the molecule is [NaH].c1ccc2oc3c(ccc4cncc43)cc2c1. The molecule has 2 aromatic carbocycles. The third kappa shape index (κ3) is 1.65. The Kier molecular flexibility index (Phi) is 2.86. The van der Waals surface area contributed by atoms with Crippen LogP contribution in [0.3, 0.4) is 0 Å². The molecule has 2 heterocycles. The molecule has 2 aromatic heterocycles. The van der Waals surface area contributed by atoms with E-state index in [1.54, 1.807) is 0 Å². The van der Waals surface area contributed by atoms with Gasteiger partial charge in [-0.05, 0) is 12.1 Å². The number of para-hydroxylation sites is 1. The molecule has 3 heteroatoms. The largest absolute Gasteiger partial charge is 0.455 e. The Bertz CT molecular complexity index is 851. The van der Waals surface area contributed by atoms with Crippen LogP contribution in [0, 0.1) is 0 Å². The van der Waals surface area contributed by atoms with Gasteiger partial charge in [0.1, 0.15) is 11.2 Å². The van der Waals surface area contributed by atoms with Crippen LogP contribution in [0.25, 0.3) is 32.7 Å². The number of hydrogen-bond donors (Lipinski definition) is 0. The zero-order valence-electron chi connectivity index (χ0n) is 9.05. The van der Waals surface area contributed by atoms with Crippen LogP contribution in [0.2, 0.25) is 0 Å². The molecule has 18 heavy (non-hydrogen) atoms. The van der Waals surface area contributed by atoms with E-state index in [0.29, 0.717) is 0 Å². The summed E-state index contributed by atoms with van der Waals surface area (Å²) in [6, 6.07) is 14.4. The Hall–Kier alpha value is -1.35. The van der Waals surface area contributed by atoms with E-state index < -0.39 is 0 Å². The molecule has 0 spiro atoms. The monoisotopic (exact) mass is 243 g/mol.